The highest BCUT2D eigenvalue weighted by molar-refractivity contribution is 7.13. The highest BCUT2D eigenvalue weighted by atomic mass is 32.1. The fourth-order valence-corrected chi connectivity index (χ4v) is 3.49. The third-order valence-electron chi connectivity index (χ3n) is 3.87. The van der Waals surface area contributed by atoms with Gasteiger partial charge in [0.15, 0.2) is 16.6 Å². The fraction of sp³-hybridized carbons (Fsp3) is 0.412. The second kappa shape index (κ2) is 7.46. The van der Waals surface area contributed by atoms with E-state index in [0.29, 0.717) is 23.7 Å². The van der Waals surface area contributed by atoms with E-state index in [1.807, 2.05) is 5.38 Å². The maximum atomic E-state index is 10.8. The molecule has 0 N–H and O–H groups in total. The van der Waals surface area contributed by atoms with Gasteiger partial charge in [0.25, 0.3) is 0 Å². The Bertz CT molecular complexity index is 666. The average Bonchev–Trinajstić information content (AvgIpc) is 3.09. The van der Waals surface area contributed by atoms with Gasteiger partial charge in [0.1, 0.15) is 12.9 Å². The van der Waals surface area contributed by atoms with Crippen molar-refractivity contribution >= 4 is 22.8 Å². The number of thiazole rings is 1. The number of benzene rings is 1. The lowest BCUT2D eigenvalue weighted by atomic mass is 10.1. The molecule has 2 aromatic rings. The quantitative estimate of drug-likeness (QED) is 0.758. The Morgan fingerprint density at radius 2 is 2.09 bits per heavy atom. The lowest BCUT2D eigenvalue weighted by molar-refractivity contribution is 0.112. The molecule has 6 heteroatoms. The summed E-state index contributed by atoms with van der Waals surface area (Å²) in [6.07, 6.45) is 4.59. The van der Waals surface area contributed by atoms with Crippen molar-refractivity contribution in [3.05, 3.63) is 34.8 Å². The molecule has 1 fully saturated rings. The number of hydrogen-bond acceptors (Lipinski definition) is 6. The molecule has 3 rings (SSSR count). The van der Waals surface area contributed by atoms with Crippen molar-refractivity contribution in [3.8, 4) is 11.5 Å². The maximum Gasteiger partial charge on any atom is 0.185 e. The highest BCUT2D eigenvalue weighted by Gasteiger charge is 2.15. The van der Waals surface area contributed by atoms with Crippen molar-refractivity contribution < 1.29 is 14.3 Å². The summed E-state index contributed by atoms with van der Waals surface area (Å²) in [6, 6.07) is 5.13. The number of anilines is 1. The van der Waals surface area contributed by atoms with Crippen LogP contribution in [0.4, 0.5) is 5.13 Å². The van der Waals surface area contributed by atoms with Crippen LogP contribution >= 0.6 is 11.3 Å². The molecule has 1 aromatic carbocycles. The number of rotatable bonds is 6. The van der Waals surface area contributed by atoms with Crippen LogP contribution in [0, 0.1) is 0 Å². The topological polar surface area (TPSA) is 51.7 Å². The summed E-state index contributed by atoms with van der Waals surface area (Å²) >= 11 is 1.66. The van der Waals surface area contributed by atoms with Gasteiger partial charge in [0, 0.05) is 24.0 Å². The minimum atomic E-state index is 0.390. The van der Waals surface area contributed by atoms with Crippen molar-refractivity contribution in [2.24, 2.45) is 0 Å². The molecule has 0 saturated carbocycles. The molecule has 0 bridgehead atoms. The van der Waals surface area contributed by atoms with Gasteiger partial charge in [0.05, 0.1) is 12.8 Å². The Labute approximate surface area is 139 Å². The van der Waals surface area contributed by atoms with Crippen molar-refractivity contribution in [1.82, 2.24) is 4.98 Å². The first kappa shape index (κ1) is 15.8. The van der Waals surface area contributed by atoms with E-state index in [1.165, 1.54) is 19.3 Å². The molecular formula is C17H20N2O3S. The van der Waals surface area contributed by atoms with Crippen LogP contribution in [0.15, 0.2) is 23.6 Å². The molecule has 0 radical (unpaired) electrons. The zero-order valence-corrected chi connectivity index (χ0v) is 14.0. The van der Waals surface area contributed by atoms with E-state index in [2.05, 4.69) is 9.88 Å². The van der Waals surface area contributed by atoms with E-state index >= 15 is 0 Å². The maximum absolute atomic E-state index is 10.8. The standard InChI is InChI=1S/C17H20N2O3S/c1-21-16-9-13(10-20)5-6-15(16)22-11-14-12-23-17(18-14)19-7-3-2-4-8-19/h5-6,9-10,12H,2-4,7-8,11H2,1H3. The van der Waals surface area contributed by atoms with Gasteiger partial charge in [-0.1, -0.05) is 0 Å². The lowest BCUT2D eigenvalue weighted by Gasteiger charge is -2.25. The Morgan fingerprint density at radius 3 is 2.83 bits per heavy atom. The Hall–Kier alpha value is -2.08. The van der Waals surface area contributed by atoms with Gasteiger partial charge in [-0.25, -0.2) is 4.98 Å². The minimum Gasteiger partial charge on any atom is -0.493 e. The zero-order chi connectivity index (χ0) is 16.1. The number of piperidine rings is 1. The molecule has 1 aromatic heterocycles. The number of methoxy groups -OCH3 is 1. The highest BCUT2D eigenvalue weighted by Crippen LogP contribution is 2.29. The molecule has 23 heavy (non-hydrogen) atoms. The van der Waals surface area contributed by atoms with Gasteiger partial charge in [-0.2, -0.15) is 0 Å². The predicted octanol–water partition coefficient (Wildman–Crippen LogP) is 3.53. The molecular weight excluding hydrogens is 312 g/mol. The summed E-state index contributed by atoms with van der Waals surface area (Å²) in [7, 11) is 1.56. The summed E-state index contributed by atoms with van der Waals surface area (Å²) in [4.78, 5) is 17.8. The van der Waals surface area contributed by atoms with Gasteiger partial charge in [0.2, 0.25) is 0 Å². The van der Waals surface area contributed by atoms with E-state index in [-0.39, 0.29) is 0 Å². The van der Waals surface area contributed by atoms with Crippen LogP contribution in [0.25, 0.3) is 0 Å². The van der Waals surface area contributed by atoms with Crippen LogP contribution in [0.5, 0.6) is 11.5 Å². The van der Waals surface area contributed by atoms with E-state index in [9.17, 15) is 4.79 Å². The summed E-state index contributed by atoms with van der Waals surface area (Å²) in [5.74, 6) is 1.17. The van der Waals surface area contributed by atoms with E-state index in [4.69, 9.17) is 9.47 Å². The van der Waals surface area contributed by atoms with E-state index in [0.717, 1.165) is 30.2 Å². The molecule has 0 unspecified atom stereocenters. The number of ether oxygens (including phenoxy) is 2. The second-order valence-electron chi connectivity index (χ2n) is 5.49. The number of carbonyl (C=O) groups is 1. The molecule has 0 aliphatic carbocycles. The Morgan fingerprint density at radius 1 is 1.26 bits per heavy atom. The van der Waals surface area contributed by atoms with Crippen LogP contribution in [0.2, 0.25) is 0 Å². The zero-order valence-electron chi connectivity index (χ0n) is 13.2. The lowest BCUT2D eigenvalue weighted by Crippen LogP contribution is -2.29. The average molecular weight is 332 g/mol. The molecule has 0 amide bonds. The van der Waals surface area contributed by atoms with Gasteiger partial charge >= 0.3 is 0 Å². The summed E-state index contributed by atoms with van der Waals surface area (Å²) in [5.41, 5.74) is 1.48. The van der Waals surface area contributed by atoms with Crippen molar-refractivity contribution in [2.75, 3.05) is 25.1 Å². The number of nitrogens with zero attached hydrogens (tertiary/aromatic N) is 2. The summed E-state index contributed by atoms with van der Waals surface area (Å²) in [6.45, 7) is 2.57. The van der Waals surface area contributed by atoms with E-state index < -0.39 is 0 Å². The molecule has 5 nitrogen and oxygen atoms in total. The van der Waals surface area contributed by atoms with Gasteiger partial charge in [-0.3, -0.25) is 4.79 Å². The first-order chi connectivity index (χ1) is 11.3. The van der Waals surface area contributed by atoms with Crippen LogP contribution in [0.1, 0.15) is 35.3 Å². The first-order valence-electron chi connectivity index (χ1n) is 7.75. The van der Waals surface area contributed by atoms with Crippen molar-refractivity contribution in [1.29, 1.82) is 0 Å². The molecule has 2 heterocycles. The monoisotopic (exact) mass is 332 g/mol. The third-order valence-corrected chi connectivity index (χ3v) is 4.82. The molecule has 0 spiro atoms. The second-order valence-corrected chi connectivity index (χ2v) is 6.32. The summed E-state index contributed by atoms with van der Waals surface area (Å²) < 4.78 is 11.1. The van der Waals surface area contributed by atoms with Gasteiger partial charge in [-0.05, 0) is 37.5 Å². The number of hydrogen-bond donors (Lipinski definition) is 0. The van der Waals surface area contributed by atoms with Crippen molar-refractivity contribution in [3.63, 3.8) is 0 Å². The minimum absolute atomic E-state index is 0.390. The van der Waals surface area contributed by atoms with Gasteiger partial charge < -0.3 is 14.4 Å². The van der Waals surface area contributed by atoms with E-state index in [1.54, 1.807) is 36.6 Å². The van der Waals surface area contributed by atoms with Gasteiger partial charge in [-0.15, -0.1) is 11.3 Å². The summed E-state index contributed by atoms with van der Waals surface area (Å²) in [5, 5.41) is 3.11. The smallest absolute Gasteiger partial charge is 0.185 e. The van der Waals surface area contributed by atoms with Crippen LogP contribution < -0.4 is 14.4 Å². The molecule has 1 aliphatic rings. The number of carbonyl (C=O) groups excluding carboxylic acids is 1. The fourth-order valence-electron chi connectivity index (χ4n) is 2.62. The van der Waals surface area contributed by atoms with Crippen LogP contribution in [-0.4, -0.2) is 31.5 Å². The normalized spacial score (nSPS) is 14.6. The Balaban J connectivity index is 1.64. The molecule has 1 aliphatic heterocycles. The van der Waals surface area contributed by atoms with Crippen LogP contribution in [-0.2, 0) is 6.61 Å². The Kier molecular flexibility index (Phi) is 5.12. The first-order valence-corrected chi connectivity index (χ1v) is 8.63. The number of aromatic nitrogens is 1. The van der Waals surface area contributed by atoms with Crippen molar-refractivity contribution in [2.45, 2.75) is 25.9 Å². The SMILES string of the molecule is COc1cc(C=O)ccc1OCc1csc(N2CCCCC2)n1. The predicted molar refractivity (Wildman–Crippen MR) is 90.9 cm³/mol. The molecule has 122 valence electrons. The largest absolute Gasteiger partial charge is 0.493 e. The number of aldehydes is 1. The molecule has 1 saturated heterocycles. The van der Waals surface area contributed by atoms with Crippen LogP contribution in [0.3, 0.4) is 0 Å². The molecule has 0 atom stereocenters. The third kappa shape index (κ3) is 3.82.